The second kappa shape index (κ2) is 6.74. The van der Waals surface area contributed by atoms with Crippen LogP contribution in [0.2, 0.25) is 0 Å². The molecule has 0 atom stereocenters. The molecule has 0 saturated carbocycles. The van der Waals surface area contributed by atoms with E-state index < -0.39 is 0 Å². The number of aryl methyl sites for hydroxylation is 2. The molecule has 0 radical (unpaired) electrons. The Hall–Kier alpha value is -2.48. The molecule has 0 fully saturated rings. The van der Waals surface area contributed by atoms with Crippen LogP contribution in [-0.2, 0) is 13.0 Å². The third kappa shape index (κ3) is 3.31. The molecule has 120 valence electrons. The molecule has 0 saturated heterocycles. The summed E-state index contributed by atoms with van der Waals surface area (Å²) >= 11 is 1.52. The first kappa shape index (κ1) is 15.4. The van der Waals surface area contributed by atoms with E-state index in [4.69, 9.17) is 4.42 Å². The van der Waals surface area contributed by atoms with E-state index in [1.54, 1.807) is 13.3 Å². The summed E-state index contributed by atoms with van der Waals surface area (Å²) in [4.78, 5) is 17.5. The highest BCUT2D eigenvalue weighted by molar-refractivity contribution is 7.13. The molecule has 0 unspecified atom stereocenters. The zero-order valence-corrected chi connectivity index (χ0v) is 13.8. The van der Waals surface area contributed by atoms with Crippen molar-refractivity contribution in [3.8, 4) is 10.8 Å². The lowest BCUT2D eigenvalue weighted by Gasteiger charge is -2.04. The Morgan fingerprint density at radius 3 is 3.09 bits per heavy atom. The van der Waals surface area contributed by atoms with E-state index in [1.165, 1.54) is 11.3 Å². The van der Waals surface area contributed by atoms with Crippen LogP contribution < -0.4 is 5.32 Å². The summed E-state index contributed by atoms with van der Waals surface area (Å²) in [5, 5.41) is 12.7. The van der Waals surface area contributed by atoms with E-state index in [9.17, 15) is 4.79 Å². The van der Waals surface area contributed by atoms with E-state index in [-0.39, 0.29) is 5.91 Å². The number of rotatable bonds is 6. The number of thiophene rings is 1. The number of carbonyl (C=O) groups excluding carboxylic acids is 1. The maximum Gasteiger partial charge on any atom is 0.273 e. The quantitative estimate of drug-likeness (QED) is 0.749. The molecule has 1 amide bonds. The van der Waals surface area contributed by atoms with Gasteiger partial charge in [-0.2, -0.15) is 0 Å². The number of aromatic nitrogens is 4. The van der Waals surface area contributed by atoms with Crippen molar-refractivity contribution in [1.29, 1.82) is 0 Å². The zero-order valence-electron chi connectivity index (χ0n) is 12.9. The van der Waals surface area contributed by atoms with Crippen molar-refractivity contribution < 1.29 is 9.21 Å². The predicted octanol–water partition coefficient (Wildman–Crippen LogP) is 2.30. The number of hydrogen-bond donors (Lipinski definition) is 1. The SMILES string of the molecule is CCn1cnnc1CCNC(=O)c1nc(-c2cccs2)oc1C. The molecular formula is C15H17N5O2S. The summed E-state index contributed by atoms with van der Waals surface area (Å²) < 4.78 is 7.53. The molecule has 3 aromatic rings. The topological polar surface area (TPSA) is 85.8 Å². The summed E-state index contributed by atoms with van der Waals surface area (Å²) in [5.74, 6) is 1.61. The highest BCUT2D eigenvalue weighted by Crippen LogP contribution is 2.25. The first-order chi connectivity index (χ1) is 11.2. The largest absolute Gasteiger partial charge is 0.440 e. The molecular weight excluding hydrogens is 314 g/mol. The first-order valence-electron chi connectivity index (χ1n) is 7.35. The van der Waals surface area contributed by atoms with Crippen LogP contribution in [0.15, 0.2) is 28.3 Å². The smallest absolute Gasteiger partial charge is 0.273 e. The van der Waals surface area contributed by atoms with Crippen LogP contribution in [0.25, 0.3) is 10.8 Å². The van der Waals surface area contributed by atoms with E-state index >= 15 is 0 Å². The molecule has 0 bridgehead atoms. The summed E-state index contributed by atoms with van der Waals surface area (Å²) in [6.45, 7) is 5.05. The van der Waals surface area contributed by atoms with E-state index in [1.807, 2.05) is 29.0 Å². The summed E-state index contributed by atoms with van der Waals surface area (Å²) in [5.41, 5.74) is 0.324. The molecule has 0 aromatic carbocycles. The average Bonchev–Trinajstić information content (AvgIpc) is 3.27. The van der Waals surface area contributed by atoms with Gasteiger partial charge in [0, 0.05) is 19.5 Å². The van der Waals surface area contributed by atoms with E-state index in [0.717, 1.165) is 17.2 Å². The Balaban J connectivity index is 1.62. The molecule has 23 heavy (non-hydrogen) atoms. The molecule has 0 aliphatic heterocycles. The normalized spacial score (nSPS) is 10.9. The Kier molecular flexibility index (Phi) is 4.52. The van der Waals surface area contributed by atoms with Crippen molar-refractivity contribution in [1.82, 2.24) is 25.1 Å². The lowest BCUT2D eigenvalue weighted by Crippen LogP contribution is -2.27. The molecule has 3 heterocycles. The fourth-order valence-corrected chi connectivity index (χ4v) is 2.87. The van der Waals surface area contributed by atoms with Crippen LogP contribution in [0.5, 0.6) is 0 Å². The van der Waals surface area contributed by atoms with Gasteiger partial charge in [-0.1, -0.05) is 6.07 Å². The summed E-state index contributed by atoms with van der Waals surface area (Å²) in [6, 6.07) is 3.83. The maximum absolute atomic E-state index is 12.3. The standard InChI is InChI=1S/C15H17N5O2S/c1-3-20-9-17-19-12(20)6-7-16-14(21)13-10(2)22-15(18-13)11-5-4-8-23-11/h4-5,8-9H,3,6-7H2,1-2H3,(H,16,21). The number of amides is 1. The predicted molar refractivity (Wildman–Crippen MR) is 86.3 cm³/mol. The Bertz CT molecular complexity index is 791. The molecule has 8 heteroatoms. The first-order valence-corrected chi connectivity index (χ1v) is 8.23. The van der Waals surface area contributed by atoms with Crippen molar-refractivity contribution in [3.63, 3.8) is 0 Å². The molecule has 1 N–H and O–H groups in total. The van der Waals surface area contributed by atoms with Gasteiger partial charge in [0.15, 0.2) is 5.69 Å². The lowest BCUT2D eigenvalue weighted by atomic mass is 10.3. The monoisotopic (exact) mass is 331 g/mol. The minimum absolute atomic E-state index is 0.239. The Morgan fingerprint density at radius 1 is 1.48 bits per heavy atom. The molecule has 7 nitrogen and oxygen atoms in total. The van der Waals surface area contributed by atoms with Crippen LogP contribution in [0.4, 0.5) is 0 Å². The maximum atomic E-state index is 12.3. The zero-order chi connectivity index (χ0) is 16.2. The van der Waals surface area contributed by atoms with Crippen molar-refractivity contribution in [2.24, 2.45) is 0 Å². The number of nitrogens with zero attached hydrogens (tertiary/aromatic N) is 4. The van der Waals surface area contributed by atoms with Gasteiger partial charge in [-0.25, -0.2) is 4.98 Å². The van der Waals surface area contributed by atoms with Crippen LogP contribution in [0.3, 0.4) is 0 Å². The number of nitrogens with one attached hydrogen (secondary N) is 1. The number of carbonyl (C=O) groups is 1. The van der Waals surface area contributed by atoms with Gasteiger partial charge in [0.05, 0.1) is 4.88 Å². The third-order valence-electron chi connectivity index (χ3n) is 3.41. The molecule has 3 rings (SSSR count). The van der Waals surface area contributed by atoms with Crippen molar-refractivity contribution in [2.45, 2.75) is 26.8 Å². The molecule has 0 aliphatic carbocycles. The van der Waals surface area contributed by atoms with E-state index in [2.05, 4.69) is 20.5 Å². The van der Waals surface area contributed by atoms with Gasteiger partial charge < -0.3 is 14.3 Å². The fourth-order valence-electron chi connectivity index (χ4n) is 2.22. The average molecular weight is 331 g/mol. The molecule has 0 aliphatic rings. The Morgan fingerprint density at radius 2 is 2.35 bits per heavy atom. The fraction of sp³-hybridized carbons (Fsp3) is 0.333. The summed E-state index contributed by atoms with van der Waals surface area (Å²) in [6.07, 6.45) is 2.31. The third-order valence-corrected chi connectivity index (χ3v) is 4.27. The molecule has 3 aromatic heterocycles. The second-order valence-corrected chi connectivity index (χ2v) is 5.89. The highest BCUT2D eigenvalue weighted by atomic mass is 32.1. The number of oxazole rings is 1. The minimum atomic E-state index is -0.239. The van der Waals surface area contributed by atoms with Gasteiger partial charge in [-0.3, -0.25) is 4.79 Å². The van der Waals surface area contributed by atoms with Gasteiger partial charge in [0.2, 0.25) is 5.89 Å². The Labute approximate surface area is 137 Å². The minimum Gasteiger partial charge on any atom is -0.440 e. The van der Waals surface area contributed by atoms with Gasteiger partial charge >= 0.3 is 0 Å². The second-order valence-electron chi connectivity index (χ2n) is 4.94. The van der Waals surface area contributed by atoms with Gasteiger partial charge in [-0.15, -0.1) is 21.5 Å². The number of hydrogen-bond acceptors (Lipinski definition) is 6. The van der Waals surface area contributed by atoms with Gasteiger partial charge in [0.1, 0.15) is 17.9 Å². The van der Waals surface area contributed by atoms with Crippen molar-refractivity contribution in [2.75, 3.05) is 6.54 Å². The van der Waals surface area contributed by atoms with E-state index in [0.29, 0.717) is 30.3 Å². The van der Waals surface area contributed by atoms with Crippen LogP contribution in [-0.4, -0.2) is 32.2 Å². The van der Waals surface area contributed by atoms with Crippen LogP contribution >= 0.6 is 11.3 Å². The van der Waals surface area contributed by atoms with Crippen LogP contribution in [0.1, 0.15) is 29.0 Å². The van der Waals surface area contributed by atoms with Gasteiger partial charge in [0.25, 0.3) is 5.91 Å². The van der Waals surface area contributed by atoms with Gasteiger partial charge in [-0.05, 0) is 25.3 Å². The highest BCUT2D eigenvalue weighted by Gasteiger charge is 2.18. The van der Waals surface area contributed by atoms with Crippen LogP contribution in [0, 0.1) is 6.92 Å². The van der Waals surface area contributed by atoms with Crippen molar-refractivity contribution >= 4 is 17.2 Å². The molecule has 0 spiro atoms. The summed E-state index contributed by atoms with van der Waals surface area (Å²) in [7, 11) is 0. The lowest BCUT2D eigenvalue weighted by molar-refractivity contribution is 0.0948. The van der Waals surface area contributed by atoms with Crippen molar-refractivity contribution in [3.05, 3.63) is 41.1 Å².